The Labute approximate surface area is 94.2 Å². The molecule has 15 heavy (non-hydrogen) atoms. The predicted octanol–water partition coefficient (Wildman–Crippen LogP) is 2.44. The van der Waals surface area contributed by atoms with E-state index in [9.17, 15) is 0 Å². The zero-order valence-electron chi connectivity index (χ0n) is 9.93. The maximum absolute atomic E-state index is 3.89. The Balaban J connectivity index is 1.70. The number of piperidine rings is 1. The van der Waals surface area contributed by atoms with E-state index in [0.29, 0.717) is 0 Å². The fourth-order valence-corrected chi connectivity index (χ4v) is 2.94. The number of hydrogen-bond donors (Lipinski definition) is 2. The molecule has 2 heteroatoms. The van der Waals surface area contributed by atoms with Crippen molar-refractivity contribution in [2.24, 2.45) is 0 Å². The summed E-state index contributed by atoms with van der Waals surface area (Å²) in [5.41, 5.74) is 0. The van der Waals surface area contributed by atoms with E-state index in [2.05, 4.69) is 10.6 Å². The standard InChI is InChI=1S/C13H26N2/c1-2-4-6-12(7-5-3-1)15-13-8-10-14-11-9-13/h12-15H,1-11H2. The highest BCUT2D eigenvalue weighted by atomic mass is 15.0. The van der Waals surface area contributed by atoms with Crippen LogP contribution in [0.4, 0.5) is 0 Å². The van der Waals surface area contributed by atoms with Crippen LogP contribution in [-0.2, 0) is 0 Å². The highest BCUT2D eigenvalue weighted by Gasteiger charge is 2.17. The summed E-state index contributed by atoms with van der Waals surface area (Å²) in [7, 11) is 0. The first-order chi connectivity index (χ1) is 7.45. The van der Waals surface area contributed by atoms with Crippen LogP contribution in [0, 0.1) is 0 Å². The van der Waals surface area contributed by atoms with Crippen LogP contribution in [0.25, 0.3) is 0 Å². The molecule has 1 saturated carbocycles. The normalized spacial score (nSPS) is 27.2. The molecule has 1 aliphatic carbocycles. The summed E-state index contributed by atoms with van der Waals surface area (Å²) in [5.74, 6) is 0. The van der Waals surface area contributed by atoms with Crippen LogP contribution >= 0.6 is 0 Å². The number of nitrogens with one attached hydrogen (secondary N) is 2. The molecule has 0 bridgehead atoms. The Hall–Kier alpha value is -0.0800. The van der Waals surface area contributed by atoms with Gasteiger partial charge in [0, 0.05) is 12.1 Å². The Kier molecular flexibility index (Phi) is 4.94. The lowest BCUT2D eigenvalue weighted by molar-refractivity contribution is 0.308. The first-order valence-electron chi connectivity index (χ1n) is 6.92. The van der Waals surface area contributed by atoms with Crippen molar-refractivity contribution in [1.29, 1.82) is 0 Å². The van der Waals surface area contributed by atoms with E-state index in [1.807, 2.05) is 0 Å². The van der Waals surface area contributed by atoms with Gasteiger partial charge in [0.05, 0.1) is 0 Å². The summed E-state index contributed by atoms with van der Waals surface area (Å²) in [5, 5.41) is 7.32. The molecule has 0 aromatic rings. The molecule has 1 heterocycles. The first-order valence-corrected chi connectivity index (χ1v) is 6.92. The SMILES string of the molecule is C1CCCC(NC2CCNCC2)CCC1. The minimum atomic E-state index is 0.802. The molecular formula is C13H26N2. The fourth-order valence-electron chi connectivity index (χ4n) is 2.94. The van der Waals surface area contributed by atoms with Crippen molar-refractivity contribution < 1.29 is 0 Å². The Morgan fingerprint density at radius 1 is 0.667 bits per heavy atom. The van der Waals surface area contributed by atoms with Gasteiger partial charge in [-0.05, 0) is 38.8 Å². The van der Waals surface area contributed by atoms with Crippen LogP contribution in [0.3, 0.4) is 0 Å². The van der Waals surface area contributed by atoms with Crippen molar-refractivity contribution in [3.8, 4) is 0 Å². The van der Waals surface area contributed by atoms with E-state index in [0.717, 1.165) is 12.1 Å². The van der Waals surface area contributed by atoms with Crippen molar-refractivity contribution in [3.63, 3.8) is 0 Å². The molecule has 0 aromatic heterocycles. The van der Waals surface area contributed by atoms with Crippen LogP contribution in [0.5, 0.6) is 0 Å². The fraction of sp³-hybridized carbons (Fsp3) is 1.00. The molecule has 1 saturated heterocycles. The zero-order chi connectivity index (χ0) is 10.3. The van der Waals surface area contributed by atoms with Crippen LogP contribution in [-0.4, -0.2) is 25.2 Å². The lowest BCUT2D eigenvalue weighted by Gasteiger charge is -2.30. The van der Waals surface area contributed by atoms with Crippen molar-refractivity contribution in [1.82, 2.24) is 10.6 Å². The van der Waals surface area contributed by atoms with E-state index >= 15 is 0 Å². The van der Waals surface area contributed by atoms with Crippen LogP contribution in [0.2, 0.25) is 0 Å². The molecule has 2 nitrogen and oxygen atoms in total. The van der Waals surface area contributed by atoms with Gasteiger partial charge in [-0.2, -0.15) is 0 Å². The highest BCUT2D eigenvalue weighted by Crippen LogP contribution is 2.18. The summed E-state index contributed by atoms with van der Waals surface area (Å²) in [6.07, 6.45) is 12.8. The van der Waals surface area contributed by atoms with Crippen molar-refractivity contribution in [2.75, 3.05) is 13.1 Å². The second-order valence-corrected chi connectivity index (χ2v) is 5.23. The van der Waals surface area contributed by atoms with Crippen LogP contribution in [0.1, 0.15) is 57.8 Å². The Morgan fingerprint density at radius 3 is 1.87 bits per heavy atom. The summed E-state index contributed by atoms with van der Waals surface area (Å²) >= 11 is 0. The first kappa shape index (κ1) is 11.4. The van der Waals surface area contributed by atoms with Crippen molar-refractivity contribution in [2.45, 2.75) is 69.9 Å². The highest BCUT2D eigenvalue weighted by molar-refractivity contribution is 4.79. The molecule has 2 N–H and O–H groups in total. The maximum Gasteiger partial charge on any atom is 0.00938 e. The third-order valence-electron chi connectivity index (χ3n) is 3.92. The topological polar surface area (TPSA) is 24.1 Å². The quantitative estimate of drug-likeness (QED) is 0.731. The molecule has 2 aliphatic rings. The summed E-state index contributed by atoms with van der Waals surface area (Å²) in [6.45, 7) is 2.43. The van der Waals surface area contributed by atoms with E-state index in [1.165, 1.54) is 70.9 Å². The van der Waals surface area contributed by atoms with Gasteiger partial charge in [0.25, 0.3) is 0 Å². The molecular weight excluding hydrogens is 184 g/mol. The number of hydrogen-bond acceptors (Lipinski definition) is 2. The third kappa shape index (κ3) is 4.12. The summed E-state index contributed by atoms with van der Waals surface area (Å²) < 4.78 is 0. The van der Waals surface area contributed by atoms with Gasteiger partial charge in [-0.1, -0.05) is 32.1 Å². The maximum atomic E-state index is 3.89. The lowest BCUT2D eigenvalue weighted by Crippen LogP contribution is -2.44. The van der Waals surface area contributed by atoms with E-state index in [-0.39, 0.29) is 0 Å². The largest absolute Gasteiger partial charge is 0.317 e. The second kappa shape index (κ2) is 6.49. The summed E-state index contributed by atoms with van der Waals surface area (Å²) in [4.78, 5) is 0. The molecule has 0 radical (unpaired) electrons. The zero-order valence-corrected chi connectivity index (χ0v) is 9.93. The van der Waals surface area contributed by atoms with E-state index in [1.54, 1.807) is 0 Å². The average molecular weight is 210 g/mol. The van der Waals surface area contributed by atoms with E-state index in [4.69, 9.17) is 0 Å². The van der Waals surface area contributed by atoms with Gasteiger partial charge in [0.15, 0.2) is 0 Å². The van der Waals surface area contributed by atoms with Gasteiger partial charge in [-0.25, -0.2) is 0 Å². The van der Waals surface area contributed by atoms with Gasteiger partial charge in [-0.15, -0.1) is 0 Å². The molecule has 1 aliphatic heterocycles. The van der Waals surface area contributed by atoms with Gasteiger partial charge in [0.2, 0.25) is 0 Å². The molecule has 88 valence electrons. The predicted molar refractivity (Wildman–Crippen MR) is 65.1 cm³/mol. The molecule has 0 unspecified atom stereocenters. The molecule has 0 spiro atoms. The van der Waals surface area contributed by atoms with Crippen molar-refractivity contribution >= 4 is 0 Å². The lowest BCUT2D eigenvalue weighted by atomic mass is 9.95. The van der Waals surface area contributed by atoms with Crippen LogP contribution < -0.4 is 10.6 Å². The smallest absolute Gasteiger partial charge is 0.00938 e. The molecule has 2 fully saturated rings. The van der Waals surface area contributed by atoms with Crippen LogP contribution in [0.15, 0.2) is 0 Å². The summed E-state index contributed by atoms with van der Waals surface area (Å²) in [6, 6.07) is 1.63. The van der Waals surface area contributed by atoms with Gasteiger partial charge in [-0.3, -0.25) is 0 Å². The molecule has 2 rings (SSSR count). The Bertz CT molecular complexity index is 156. The second-order valence-electron chi connectivity index (χ2n) is 5.23. The third-order valence-corrected chi connectivity index (χ3v) is 3.92. The average Bonchev–Trinajstić information content (AvgIpc) is 2.23. The van der Waals surface area contributed by atoms with E-state index < -0.39 is 0 Å². The number of rotatable bonds is 2. The molecule has 0 atom stereocenters. The van der Waals surface area contributed by atoms with Gasteiger partial charge in [0.1, 0.15) is 0 Å². The molecule has 0 amide bonds. The van der Waals surface area contributed by atoms with Crippen molar-refractivity contribution in [3.05, 3.63) is 0 Å². The Morgan fingerprint density at radius 2 is 1.20 bits per heavy atom. The monoisotopic (exact) mass is 210 g/mol. The van der Waals surface area contributed by atoms with Gasteiger partial charge < -0.3 is 10.6 Å². The minimum absolute atomic E-state index is 0.802. The molecule has 0 aromatic carbocycles. The van der Waals surface area contributed by atoms with Gasteiger partial charge >= 0.3 is 0 Å². The minimum Gasteiger partial charge on any atom is -0.317 e.